The molecule has 5 aliphatic rings. The van der Waals surface area contributed by atoms with Gasteiger partial charge in [0.1, 0.15) is 0 Å². The second-order valence-corrected chi connectivity index (χ2v) is 8.78. The molecule has 5 aliphatic carbocycles. The number of hydrogen-bond acceptors (Lipinski definition) is 1. The molecule has 0 heterocycles. The Morgan fingerprint density at radius 1 is 0.895 bits per heavy atom. The first-order valence-corrected chi connectivity index (χ1v) is 8.89. The fourth-order valence-corrected chi connectivity index (χ4v) is 6.60. The van der Waals surface area contributed by atoms with E-state index in [9.17, 15) is 0 Å². The van der Waals surface area contributed by atoms with Gasteiger partial charge in [0.15, 0.2) is 0 Å². The zero-order chi connectivity index (χ0) is 13.0. The summed E-state index contributed by atoms with van der Waals surface area (Å²) in [6.45, 7) is 4.95. The first kappa shape index (κ1) is 12.7. The van der Waals surface area contributed by atoms with Crippen LogP contribution in [0.15, 0.2) is 0 Å². The van der Waals surface area contributed by atoms with Crippen LogP contribution in [0.3, 0.4) is 0 Å². The van der Waals surface area contributed by atoms with Gasteiger partial charge in [-0.05, 0) is 93.8 Å². The lowest BCUT2D eigenvalue weighted by atomic mass is 9.48. The summed E-state index contributed by atoms with van der Waals surface area (Å²) >= 11 is 0. The fourth-order valence-electron chi connectivity index (χ4n) is 6.60. The van der Waals surface area contributed by atoms with Gasteiger partial charge < -0.3 is 5.32 Å². The summed E-state index contributed by atoms with van der Waals surface area (Å²) in [4.78, 5) is 0. The molecule has 5 rings (SSSR count). The molecule has 0 saturated heterocycles. The van der Waals surface area contributed by atoms with Gasteiger partial charge in [0.05, 0.1) is 0 Å². The van der Waals surface area contributed by atoms with E-state index in [0.29, 0.717) is 5.41 Å². The second kappa shape index (κ2) is 4.48. The molecule has 0 amide bonds. The van der Waals surface area contributed by atoms with Gasteiger partial charge in [-0.1, -0.05) is 6.92 Å². The van der Waals surface area contributed by atoms with E-state index in [1.54, 1.807) is 38.5 Å². The molecule has 5 saturated carbocycles. The average molecular weight is 261 g/mol. The lowest BCUT2D eigenvalue weighted by Gasteiger charge is -2.59. The van der Waals surface area contributed by atoms with Gasteiger partial charge in [-0.15, -0.1) is 0 Å². The lowest BCUT2D eigenvalue weighted by Crippen LogP contribution is -2.56. The SMILES string of the molecule is CC1CCC(NC(C)C23CC4CC(CC(C4)C2)C3)C1. The second-order valence-electron chi connectivity index (χ2n) is 8.78. The lowest BCUT2D eigenvalue weighted by molar-refractivity contribution is -0.0720. The zero-order valence-electron chi connectivity index (χ0n) is 12.8. The smallest absolute Gasteiger partial charge is 0.00980 e. The van der Waals surface area contributed by atoms with Crippen molar-refractivity contribution in [2.75, 3.05) is 0 Å². The standard InChI is InChI=1S/C18H31N/c1-12-3-4-17(5-12)19-13(2)18-9-14-6-15(10-18)8-16(7-14)11-18/h12-17,19H,3-11H2,1-2H3. The van der Waals surface area contributed by atoms with Crippen LogP contribution in [0.5, 0.6) is 0 Å². The van der Waals surface area contributed by atoms with Crippen molar-refractivity contribution in [2.45, 2.75) is 83.7 Å². The van der Waals surface area contributed by atoms with Gasteiger partial charge in [-0.2, -0.15) is 0 Å². The minimum absolute atomic E-state index is 0.695. The molecule has 3 unspecified atom stereocenters. The van der Waals surface area contributed by atoms with Crippen LogP contribution >= 0.6 is 0 Å². The van der Waals surface area contributed by atoms with Gasteiger partial charge >= 0.3 is 0 Å². The molecule has 1 N–H and O–H groups in total. The summed E-state index contributed by atoms with van der Waals surface area (Å²) in [5, 5.41) is 4.07. The van der Waals surface area contributed by atoms with Crippen molar-refractivity contribution in [2.24, 2.45) is 29.1 Å². The van der Waals surface area contributed by atoms with Gasteiger partial charge in [0, 0.05) is 12.1 Å². The Morgan fingerprint density at radius 3 is 1.95 bits per heavy atom. The van der Waals surface area contributed by atoms with E-state index < -0.39 is 0 Å². The summed E-state index contributed by atoms with van der Waals surface area (Å²) in [6.07, 6.45) is 13.7. The maximum atomic E-state index is 4.07. The largest absolute Gasteiger partial charge is 0.311 e. The van der Waals surface area contributed by atoms with Crippen LogP contribution in [0.25, 0.3) is 0 Å². The normalized spacial score (nSPS) is 53.7. The molecule has 0 aromatic heterocycles. The molecule has 0 aromatic rings. The van der Waals surface area contributed by atoms with Gasteiger partial charge in [0.25, 0.3) is 0 Å². The molecule has 108 valence electrons. The monoisotopic (exact) mass is 261 g/mol. The molecular weight excluding hydrogens is 230 g/mol. The third kappa shape index (κ3) is 2.17. The van der Waals surface area contributed by atoms with Crippen molar-refractivity contribution in [1.82, 2.24) is 5.32 Å². The van der Waals surface area contributed by atoms with Crippen molar-refractivity contribution in [3.63, 3.8) is 0 Å². The van der Waals surface area contributed by atoms with E-state index in [2.05, 4.69) is 19.2 Å². The first-order valence-electron chi connectivity index (χ1n) is 8.89. The molecule has 0 spiro atoms. The highest BCUT2D eigenvalue weighted by Crippen LogP contribution is 2.61. The highest BCUT2D eigenvalue weighted by molar-refractivity contribution is 5.05. The Hall–Kier alpha value is -0.0400. The predicted molar refractivity (Wildman–Crippen MR) is 80.0 cm³/mol. The molecule has 19 heavy (non-hydrogen) atoms. The van der Waals surface area contributed by atoms with Gasteiger partial charge in [-0.3, -0.25) is 0 Å². The average Bonchev–Trinajstić information content (AvgIpc) is 2.73. The van der Waals surface area contributed by atoms with Gasteiger partial charge in [-0.25, -0.2) is 0 Å². The minimum atomic E-state index is 0.695. The van der Waals surface area contributed by atoms with Gasteiger partial charge in [0.2, 0.25) is 0 Å². The molecule has 5 fully saturated rings. The molecule has 0 aromatic carbocycles. The third-order valence-corrected chi connectivity index (χ3v) is 7.18. The first-order chi connectivity index (χ1) is 9.13. The van der Waals surface area contributed by atoms with Crippen LogP contribution in [0.4, 0.5) is 0 Å². The van der Waals surface area contributed by atoms with Crippen LogP contribution in [0.1, 0.15) is 71.6 Å². The molecule has 0 aliphatic heterocycles. The molecule has 3 atom stereocenters. The Bertz CT molecular complexity index is 312. The third-order valence-electron chi connectivity index (χ3n) is 7.18. The highest BCUT2D eigenvalue weighted by Gasteiger charge is 2.53. The number of rotatable bonds is 3. The summed E-state index contributed by atoms with van der Waals surface area (Å²) in [5.74, 6) is 4.25. The van der Waals surface area contributed by atoms with E-state index in [0.717, 1.165) is 35.8 Å². The molecule has 0 radical (unpaired) electrons. The highest BCUT2D eigenvalue weighted by atomic mass is 15.0. The predicted octanol–water partition coefficient (Wildman–Crippen LogP) is 4.37. The van der Waals surface area contributed by atoms with Crippen LogP contribution in [0, 0.1) is 29.1 Å². The molecule has 1 heteroatoms. The molecule has 1 nitrogen and oxygen atoms in total. The Labute approximate surface area is 118 Å². The van der Waals surface area contributed by atoms with Crippen LogP contribution < -0.4 is 5.32 Å². The van der Waals surface area contributed by atoms with Crippen molar-refractivity contribution < 1.29 is 0 Å². The Kier molecular flexibility index (Phi) is 2.99. The van der Waals surface area contributed by atoms with E-state index in [-0.39, 0.29) is 0 Å². The van der Waals surface area contributed by atoms with E-state index in [4.69, 9.17) is 0 Å². The van der Waals surface area contributed by atoms with E-state index >= 15 is 0 Å². The Morgan fingerprint density at radius 2 is 1.47 bits per heavy atom. The summed E-state index contributed by atoms with van der Waals surface area (Å²) < 4.78 is 0. The minimum Gasteiger partial charge on any atom is -0.311 e. The van der Waals surface area contributed by atoms with Crippen LogP contribution in [-0.2, 0) is 0 Å². The number of nitrogens with one attached hydrogen (secondary N) is 1. The summed E-state index contributed by atoms with van der Waals surface area (Å²) in [7, 11) is 0. The number of hydrogen-bond donors (Lipinski definition) is 1. The fraction of sp³-hybridized carbons (Fsp3) is 1.00. The van der Waals surface area contributed by atoms with E-state index in [1.165, 1.54) is 19.3 Å². The van der Waals surface area contributed by atoms with Crippen molar-refractivity contribution in [3.8, 4) is 0 Å². The maximum Gasteiger partial charge on any atom is 0.00980 e. The summed E-state index contributed by atoms with van der Waals surface area (Å²) in [5.41, 5.74) is 0.695. The van der Waals surface area contributed by atoms with Crippen molar-refractivity contribution in [3.05, 3.63) is 0 Å². The maximum absolute atomic E-state index is 4.07. The Balaban J connectivity index is 1.45. The van der Waals surface area contributed by atoms with Crippen molar-refractivity contribution in [1.29, 1.82) is 0 Å². The van der Waals surface area contributed by atoms with Crippen LogP contribution in [-0.4, -0.2) is 12.1 Å². The van der Waals surface area contributed by atoms with Crippen LogP contribution in [0.2, 0.25) is 0 Å². The molecular formula is C18H31N. The zero-order valence-corrected chi connectivity index (χ0v) is 12.8. The summed E-state index contributed by atoms with van der Waals surface area (Å²) in [6, 6.07) is 1.61. The van der Waals surface area contributed by atoms with E-state index in [1.807, 2.05) is 0 Å². The van der Waals surface area contributed by atoms with Crippen molar-refractivity contribution >= 4 is 0 Å². The topological polar surface area (TPSA) is 12.0 Å². The molecule has 4 bridgehead atoms. The quantitative estimate of drug-likeness (QED) is 0.795.